The maximum Gasteiger partial charge on any atom is 0.255 e. The van der Waals surface area contributed by atoms with Crippen molar-refractivity contribution < 1.29 is 14.3 Å². The number of amides is 1. The molecule has 3 aromatic rings. The quantitative estimate of drug-likeness (QED) is 0.712. The lowest BCUT2D eigenvalue weighted by Gasteiger charge is -2.18. The first kappa shape index (κ1) is 18.5. The maximum absolute atomic E-state index is 12.8. The number of carbonyl (C=O) groups is 1. The van der Waals surface area contributed by atoms with Gasteiger partial charge < -0.3 is 14.8 Å². The van der Waals surface area contributed by atoms with Crippen LogP contribution in [0.5, 0.6) is 11.5 Å². The highest BCUT2D eigenvalue weighted by Gasteiger charge is 2.18. The fraction of sp³-hybridized carbons (Fsp3) is 0.182. The summed E-state index contributed by atoms with van der Waals surface area (Å²) in [5.41, 5.74) is 3.37. The average Bonchev–Trinajstić information content (AvgIpc) is 2.73. The van der Waals surface area contributed by atoms with Crippen LogP contribution in [0.3, 0.4) is 0 Å². The molecule has 1 amide bonds. The Hall–Kier alpha value is -3.34. The van der Waals surface area contributed by atoms with E-state index in [-0.39, 0.29) is 11.9 Å². The molecule has 0 radical (unpaired) electrons. The van der Waals surface area contributed by atoms with Crippen LogP contribution in [0.25, 0.3) is 11.1 Å². The van der Waals surface area contributed by atoms with Crippen molar-refractivity contribution in [2.24, 2.45) is 0 Å². The van der Waals surface area contributed by atoms with Gasteiger partial charge in [-0.1, -0.05) is 24.3 Å². The first-order chi connectivity index (χ1) is 13.1. The van der Waals surface area contributed by atoms with Crippen molar-refractivity contribution in [3.8, 4) is 22.6 Å². The molecule has 0 aliphatic heterocycles. The number of nitrogens with zero attached hydrogens (tertiary/aromatic N) is 1. The predicted molar refractivity (Wildman–Crippen MR) is 105 cm³/mol. The molecule has 1 aromatic heterocycles. The van der Waals surface area contributed by atoms with Gasteiger partial charge in [-0.05, 0) is 48.4 Å². The predicted octanol–water partition coefficient (Wildman–Crippen LogP) is 4.26. The van der Waals surface area contributed by atoms with Gasteiger partial charge in [0, 0.05) is 18.0 Å². The van der Waals surface area contributed by atoms with Gasteiger partial charge in [0.1, 0.15) is 11.5 Å². The molecule has 1 atom stereocenters. The van der Waals surface area contributed by atoms with Crippen LogP contribution in [0, 0.1) is 0 Å². The van der Waals surface area contributed by atoms with Crippen LogP contribution in [0.2, 0.25) is 0 Å². The number of benzene rings is 2. The highest BCUT2D eigenvalue weighted by Crippen LogP contribution is 2.29. The molecule has 3 rings (SSSR count). The molecule has 0 aliphatic rings. The molecular formula is C22H22N2O3. The number of methoxy groups -OCH3 is 2. The van der Waals surface area contributed by atoms with Crippen molar-refractivity contribution in [3.05, 3.63) is 78.1 Å². The summed E-state index contributed by atoms with van der Waals surface area (Å²) in [6.07, 6.45) is 3.47. The number of hydrogen-bond acceptors (Lipinski definition) is 4. The van der Waals surface area contributed by atoms with Gasteiger partial charge in [-0.3, -0.25) is 9.78 Å². The van der Waals surface area contributed by atoms with E-state index in [1.807, 2.05) is 55.5 Å². The van der Waals surface area contributed by atoms with E-state index in [0.717, 1.165) is 22.4 Å². The first-order valence-corrected chi connectivity index (χ1v) is 8.66. The molecule has 5 heteroatoms. The Morgan fingerprint density at radius 2 is 1.63 bits per heavy atom. The summed E-state index contributed by atoms with van der Waals surface area (Å²) in [6, 6.07) is 16.8. The van der Waals surface area contributed by atoms with E-state index >= 15 is 0 Å². The molecular weight excluding hydrogens is 340 g/mol. The topological polar surface area (TPSA) is 60.5 Å². The summed E-state index contributed by atoms with van der Waals surface area (Å²) in [7, 11) is 3.18. The molecule has 1 N–H and O–H groups in total. The summed E-state index contributed by atoms with van der Waals surface area (Å²) in [4.78, 5) is 16.8. The van der Waals surface area contributed by atoms with E-state index in [4.69, 9.17) is 9.47 Å². The smallest absolute Gasteiger partial charge is 0.255 e. The number of hydrogen-bond donors (Lipinski definition) is 1. The van der Waals surface area contributed by atoms with Crippen LogP contribution < -0.4 is 14.8 Å². The molecule has 2 aromatic carbocycles. The number of pyridine rings is 1. The van der Waals surface area contributed by atoms with Gasteiger partial charge in [0.05, 0.1) is 25.8 Å². The Balaban J connectivity index is 1.84. The third-order valence-electron chi connectivity index (χ3n) is 4.41. The zero-order valence-corrected chi connectivity index (χ0v) is 15.6. The first-order valence-electron chi connectivity index (χ1n) is 8.66. The minimum Gasteiger partial charge on any atom is -0.496 e. The number of aromatic nitrogens is 1. The summed E-state index contributed by atoms with van der Waals surface area (Å²) < 4.78 is 10.8. The molecule has 5 nitrogen and oxygen atoms in total. The average molecular weight is 362 g/mol. The Morgan fingerprint density at radius 1 is 0.926 bits per heavy atom. The Morgan fingerprint density at radius 3 is 2.33 bits per heavy atom. The molecule has 0 saturated carbocycles. The zero-order valence-electron chi connectivity index (χ0n) is 15.6. The molecule has 0 unspecified atom stereocenters. The minimum absolute atomic E-state index is 0.202. The van der Waals surface area contributed by atoms with Crippen LogP contribution in [0.15, 0.2) is 67.0 Å². The molecule has 27 heavy (non-hydrogen) atoms. The monoisotopic (exact) mass is 362 g/mol. The van der Waals surface area contributed by atoms with E-state index < -0.39 is 0 Å². The zero-order chi connectivity index (χ0) is 19.2. The Bertz CT molecular complexity index is 926. The maximum atomic E-state index is 12.8. The standard InChI is InChI=1S/C22H22N2O3/c1-15(18-6-4-5-7-20(18)26-2)24-22(25)19-9-8-17(14-21(19)27-3)16-10-12-23-13-11-16/h4-15H,1-3H3,(H,24,25)/t15-/m1/s1. The second kappa shape index (κ2) is 8.36. The SMILES string of the molecule is COc1cc(-c2ccncc2)ccc1C(=O)N[C@H](C)c1ccccc1OC. The third kappa shape index (κ3) is 4.08. The summed E-state index contributed by atoms with van der Waals surface area (Å²) in [5.74, 6) is 1.06. The van der Waals surface area contributed by atoms with Crippen molar-refractivity contribution in [2.75, 3.05) is 14.2 Å². The fourth-order valence-electron chi connectivity index (χ4n) is 2.98. The molecule has 0 bridgehead atoms. The van der Waals surface area contributed by atoms with Gasteiger partial charge in [-0.15, -0.1) is 0 Å². The van der Waals surface area contributed by atoms with E-state index in [1.165, 1.54) is 0 Å². The van der Waals surface area contributed by atoms with Crippen molar-refractivity contribution in [3.63, 3.8) is 0 Å². The van der Waals surface area contributed by atoms with Gasteiger partial charge in [-0.25, -0.2) is 0 Å². The number of nitrogens with one attached hydrogen (secondary N) is 1. The van der Waals surface area contributed by atoms with Crippen molar-refractivity contribution in [1.29, 1.82) is 0 Å². The van der Waals surface area contributed by atoms with Crippen LogP contribution in [-0.2, 0) is 0 Å². The number of carbonyl (C=O) groups excluding carboxylic acids is 1. The number of ether oxygens (including phenoxy) is 2. The van der Waals surface area contributed by atoms with Crippen LogP contribution in [0.1, 0.15) is 28.9 Å². The Labute approximate surface area is 159 Å². The molecule has 138 valence electrons. The van der Waals surface area contributed by atoms with Crippen LogP contribution in [-0.4, -0.2) is 25.1 Å². The van der Waals surface area contributed by atoms with Crippen LogP contribution in [0.4, 0.5) is 0 Å². The van der Waals surface area contributed by atoms with Crippen molar-refractivity contribution in [1.82, 2.24) is 10.3 Å². The van der Waals surface area contributed by atoms with E-state index in [9.17, 15) is 4.79 Å². The van der Waals surface area contributed by atoms with E-state index in [1.54, 1.807) is 32.7 Å². The highest BCUT2D eigenvalue weighted by molar-refractivity contribution is 5.98. The lowest BCUT2D eigenvalue weighted by molar-refractivity contribution is 0.0936. The highest BCUT2D eigenvalue weighted by atomic mass is 16.5. The molecule has 0 fully saturated rings. The van der Waals surface area contributed by atoms with Gasteiger partial charge >= 0.3 is 0 Å². The van der Waals surface area contributed by atoms with Gasteiger partial charge in [0.15, 0.2) is 0 Å². The van der Waals surface area contributed by atoms with Gasteiger partial charge in [0.25, 0.3) is 5.91 Å². The number of rotatable bonds is 6. The van der Waals surface area contributed by atoms with Gasteiger partial charge in [-0.2, -0.15) is 0 Å². The van der Waals surface area contributed by atoms with Gasteiger partial charge in [0.2, 0.25) is 0 Å². The second-order valence-electron chi connectivity index (χ2n) is 6.09. The third-order valence-corrected chi connectivity index (χ3v) is 4.41. The lowest BCUT2D eigenvalue weighted by Crippen LogP contribution is -2.27. The fourth-order valence-corrected chi connectivity index (χ4v) is 2.98. The normalized spacial score (nSPS) is 11.5. The molecule has 1 heterocycles. The summed E-state index contributed by atoms with van der Waals surface area (Å²) >= 11 is 0. The van der Waals surface area contributed by atoms with Crippen molar-refractivity contribution >= 4 is 5.91 Å². The van der Waals surface area contributed by atoms with E-state index in [0.29, 0.717) is 11.3 Å². The summed E-state index contributed by atoms with van der Waals surface area (Å²) in [6.45, 7) is 1.92. The van der Waals surface area contributed by atoms with Crippen LogP contribution >= 0.6 is 0 Å². The molecule has 0 saturated heterocycles. The molecule has 0 spiro atoms. The summed E-state index contributed by atoms with van der Waals surface area (Å²) in [5, 5.41) is 3.01. The largest absolute Gasteiger partial charge is 0.496 e. The molecule has 0 aliphatic carbocycles. The Kier molecular flexibility index (Phi) is 5.71. The number of para-hydroxylation sites is 1. The lowest BCUT2D eigenvalue weighted by atomic mass is 10.0. The van der Waals surface area contributed by atoms with E-state index in [2.05, 4.69) is 10.3 Å². The minimum atomic E-state index is -0.210. The second-order valence-corrected chi connectivity index (χ2v) is 6.09. The van der Waals surface area contributed by atoms with Crippen molar-refractivity contribution in [2.45, 2.75) is 13.0 Å².